The summed E-state index contributed by atoms with van der Waals surface area (Å²) in [4.78, 5) is 4.62. The summed E-state index contributed by atoms with van der Waals surface area (Å²) in [6, 6.07) is 11.6. The SMILES string of the molecule is COCCOC1(C)c2ccn3cc(C)nc3c2O[C@H](c2ccccc2)C1O. The average molecular weight is 368 g/mol. The predicted molar refractivity (Wildman–Crippen MR) is 101 cm³/mol. The van der Waals surface area contributed by atoms with Gasteiger partial charge in [0.15, 0.2) is 17.5 Å². The molecule has 1 N–H and O–H groups in total. The monoisotopic (exact) mass is 368 g/mol. The Bertz CT molecular complexity index is 940. The number of aliphatic hydroxyl groups excluding tert-OH is 1. The number of imidazole rings is 1. The number of aromatic nitrogens is 2. The standard InChI is InChI=1S/C21H24N2O4/c1-14-13-23-10-9-16-18(20(23)22-14)27-17(15-7-5-4-6-8-15)19(24)21(16,2)26-12-11-25-3/h4-10,13,17,19,24H,11-12H2,1-3H3/t17-,19?,21?/m1/s1. The van der Waals surface area contributed by atoms with E-state index in [4.69, 9.17) is 14.2 Å². The first-order valence-corrected chi connectivity index (χ1v) is 9.06. The highest BCUT2D eigenvalue weighted by Crippen LogP contribution is 2.48. The minimum atomic E-state index is -0.950. The van der Waals surface area contributed by atoms with E-state index in [0.717, 1.165) is 22.5 Å². The molecule has 0 spiro atoms. The van der Waals surface area contributed by atoms with Crippen LogP contribution in [0.3, 0.4) is 0 Å². The van der Waals surface area contributed by atoms with Gasteiger partial charge < -0.3 is 23.7 Å². The first-order chi connectivity index (χ1) is 13.0. The van der Waals surface area contributed by atoms with Crippen LogP contribution in [0.4, 0.5) is 0 Å². The highest BCUT2D eigenvalue weighted by molar-refractivity contribution is 5.62. The molecule has 4 rings (SSSR count). The number of ether oxygens (including phenoxy) is 3. The van der Waals surface area contributed by atoms with Crippen LogP contribution < -0.4 is 4.74 Å². The molecule has 0 radical (unpaired) electrons. The average Bonchev–Trinajstić information content (AvgIpc) is 3.06. The van der Waals surface area contributed by atoms with Crippen LogP contribution in [-0.2, 0) is 15.1 Å². The molecule has 3 heterocycles. The molecule has 0 aliphatic carbocycles. The molecule has 0 bridgehead atoms. The quantitative estimate of drug-likeness (QED) is 0.702. The molecule has 27 heavy (non-hydrogen) atoms. The van der Waals surface area contributed by atoms with Gasteiger partial charge >= 0.3 is 0 Å². The number of aryl methyl sites for hydroxylation is 1. The van der Waals surface area contributed by atoms with Gasteiger partial charge in [-0.25, -0.2) is 4.98 Å². The minimum absolute atomic E-state index is 0.365. The van der Waals surface area contributed by atoms with Gasteiger partial charge in [-0.2, -0.15) is 0 Å². The van der Waals surface area contributed by atoms with E-state index in [9.17, 15) is 5.11 Å². The Balaban J connectivity index is 1.86. The third kappa shape index (κ3) is 3.00. The fourth-order valence-electron chi connectivity index (χ4n) is 3.69. The van der Waals surface area contributed by atoms with Gasteiger partial charge in [0.2, 0.25) is 0 Å². The molecular formula is C21H24N2O4. The lowest BCUT2D eigenvalue weighted by Gasteiger charge is -2.44. The van der Waals surface area contributed by atoms with Crippen molar-refractivity contribution < 1.29 is 19.3 Å². The zero-order valence-electron chi connectivity index (χ0n) is 15.8. The van der Waals surface area contributed by atoms with Gasteiger partial charge in [-0.1, -0.05) is 30.3 Å². The summed E-state index contributed by atoms with van der Waals surface area (Å²) in [5.74, 6) is 0.643. The summed E-state index contributed by atoms with van der Waals surface area (Å²) in [6.07, 6.45) is 2.42. The number of fused-ring (bicyclic) bond motifs is 3. The lowest BCUT2D eigenvalue weighted by Crippen LogP contribution is -2.48. The van der Waals surface area contributed by atoms with Crippen LogP contribution in [0.1, 0.15) is 29.8 Å². The molecule has 142 valence electrons. The van der Waals surface area contributed by atoms with Crippen LogP contribution in [0.2, 0.25) is 0 Å². The molecule has 0 saturated heterocycles. The van der Waals surface area contributed by atoms with Crippen molar-refractivity contribution in [2.75, 3.05) is 20.3 Å². The van der Waals surface area contributed by atoms with E-state index in [1.54, 1.807) is 7.11 Å². The third-order valence-electron chi connectivity index (χ3n) is 5.15. The van der Waals surface area contributed by atoms with E-state index in [-0.39, 0.29) is 0 Å². The number of rotatable bonds is 5. The minimum Gasteiger partial charge on any atom is -0.479 e. The van der Waals surface area contributed by atoms with Gasteiger partial charge in [0, 0.05) is 25.1 Å². The summed E-state index contributed by atoms with van der Waals surface area (Å²) < 4.78 is 19.5. The van der Waals surface area contributed by atoms with Crippen molar-refractivity contribution in [3.63, 3.8) is 0 Å². The molecular weight excluding hydrogens is 344 g/mol. The first kappa shape index (κ1) is 18.0. The third-order valence-corrected chi connectivity index (χ3v) is 5.15. The van der Waals surface area contributed by atoms with Gasteiger partial charge in [-0.15, -0.1) is 0 Å². The van der Waals surface area contributed by atoms with E-state index in [1.807, 2.05) is 67.0 Å². The summed E-state index contributed by atoms with van der Waals surface area (Å²) >= 11 is 0. The first-order valence-electron chi connectivity index (χ1n) is 9.06. The van der Waals surface area contributed by atoms with E-state index in [0.29, 0.717) is 19.0 Å². The lowest BCUT2D eigenvalue weighted by atomic mass is 9.82. The molecule has 1 aliphatic rings. The molecule has 2 unspecified atom stereocenters. The smallest absolute Gasteiger partial charge is 0.180 e. The number of nitrogens with zero attached hydrogens (tertiary/aromatic N) is 2. The number of aliphatic hydroxyl groups is 1. The zero-order valence-corrected chi connectivity index (χ0v) is 15.8. The van der Waals surface area contributed by atoms with E-state index < -0.39 is 17.8 Å². The molecule has 0 amide bonds. The van der Waals surface area contributed by atoms with Gasteiger partial charge in [0.05, 0.1) is 18.9 Å². The van der Waals surface area contributed by atoms with Crippen LogP contribution in [0, 0.1) is 6.92 Å². The van der Waals surface area contributed by atoms with E-state index in [2.05, 4.69) is 4.98 Å². The largest absolute Gasteiger partial charge is 0.479 e. The number of benzene rings is 1. The van der Waals surface area contributed by atoms with Crippen molar-refractivity contribution in [3.05, 3.63) is 65.6 Å². The van der Waals surface area contributed by atoms with Gasteiger partial charge in [0.1, 0.15) is 11.7 Å². The Morgan fingerprint density at radius 3 is 2.74 bits per heavy atom. The molecule has 6 nitrogen and oxygen atoms in total. The maximum absolute atomic E-state index is 11.2. The number of pyridine rings is 1. The second-order valence-corrected chi connectivity index (χ2v) is 7.01. The fraction of sp³-hybridized carbons (Fsp3) is 0.381. The van der Waals surface area contributed by atoms with Crippen molar-refractivity contribution in [2.24, 2.45) is 0 Å². The van der Waals surface area contributed by atoms with Crippen LogP contribution >= 0.6 is 0 Å². The van der Waals surface area contributed by atoms with E-state index >= 15 is 0 Å². The van der Waals surface area contributed by atoms with Crippen LogP contribution in [0.5, 0.6) is 5.75 Å². The highest BCUT2D eigenvalue weighted by Gasteiger charge is 2.49. The Labute approximate surface area is 158 Å². The topological polar surface area (TPSA) is 65.2 Å². The normalized spacial score (nSPS) is 24.6. The number of hydrogen-bond acceptors (Lipinski definition) is 5. The van der Waals surface area contributed by atoms with Crippen molar-refractivity contribution in [3.8, 4) is 5.75 Å². The summed E-state index contributed by atoms with van der Waals surface area (Å²) in [5, 5.41) is 11.2. The Morgan fingerprint density at radius 1 is 1.22 bits per heavy atom. The van der Waals surface area contributed by atoms with Crippen molar-refractivity contribution >= 4 is 5.65 Å². The Kier molecular flexibility index (Phi) is 4.63. The molecule has 1 aromatic carbocycles. The second-order valence-electron chi connectivity index (χ2n) is 7.01. The Morgan fingerprint density at radius 2 is 2.00 bits per heavy atom. The maximum atomic E-state index is 11.2. The van der Waals surface area contributed by atoms with Crippen molar-refractivity contribution in [2.45, 2.75) is 31.7 Å². The second kappa shape index (κ2) is 6.96. The van der Waals surface area contributed by atoms with Crippen LogP contribution in [0.25, 0.3) is 5.65 Å². The molecule has 2 aromatic heterocycles. The molecule has 1 aliphatic heterocycles. The Hall–Kier alpha value is -2.41. The van der Waals surface area contributed by atoms with Crippen LogP contribution in [-0.4, -0.2) is 40.9 Å². The fourth-order valence-corrected chi connectivity index (χ4v) is 3.69. The number of methoxy groups -OCH3 is 1. The molecule has 0 saturated carbocycles. The van der Waals surface area contributed by atoms with Gasteiger partial charge in [-0.3, -0.25) is 0 Å². The predicted octanol–water partition coefficient (Wildman–Crippen LogP) is 3.02. The summed E-state index contributed by atoms with van der Waals surface area (Å²) in [7, 11) is 1.63. The van der Waals surface area contributed by atoms with Crippen molar-refractivity contribution in [1.82, 2.24) is 9.38 Å². The van der Waals surface area contributed by atoms with E-state index in [1.165, 1.54) is 0 Å². The zero-order chi connectivity index (χ0) is 19.0. The van der Waals surface area contributed by atoms with Gasteiger partial charge in [-0.05, 0) is 25.5 Å². The molecule has 6 heteroatoms. The highest BCUT2D eigenvalue weighted by atomic mass is 16.6. The maximum Gasteiger partial charge on any atom is 0.180 e. The van der Waals surface area contributed by atoms with Crippen molar-refractivity contribution in [1.29, 1.82) is 0 Å². The molecule has 3 aromatic rings. The number of hydrogen-bond donors (Lipinski definition) is 1. The summed E-state index contributed by atoms with van der Waals surface area (Å²) in [5.41, 5.74) is 2.35. The van der Waals surface area contributed by atoms with Gasteiger partial charge in [0.25, 0.3) is 0 Å². The molecule has 3 atom stereocenters. The van der Waals surface area contributed by atoms with Crippen LogP contribution in [0.15, 0.2) is 48.8 Å². The summed E-state index contributed by atoms with van der Waals surface area (Å²) in [6.45, 7) is 4.65. The molecule has 0 fully saturated rings. The lowest BCUT2D eigenvalue weighted by molar-refractivity contribution is -0.171.